The van der Waals surface area contributed by atoms with Crippen LogP contribution in [0.5, 0.6) is 0 Å². The first kappa shape index (κ1) is 12.3. The molecule has 2 aromatic rings. The number of halogens is 1. The van der Waals surface area contributed by atoms with Gasteiger partial charge in [0.25, 0.3) is 0 Å². The van der Waals surface area contributed by atoms with E-state index in [0.717, 1.165) is 19.2 Å². The molecule has 5 nitrogen and oxygen atoms in total. The van der Waals surface area contributed by atoms with E-state index in [2.05, 4.69) is 15.1 Å². The van der Waals surface area contributed by atoms with Gasteiger partial charge < -0.3 is 0 Å². The third-order valence-electron chi connectivity index (χ3n) is 2.46. The second kappa shape index (κ2) is 5.48. The predicted octanol–water partition coefficient (Wildman–Crippen LogP) is 1.65. The van der Waals surface area contributed by atoms with Gasteiger partial charge in [0.1, 0.15) is 23.7 Å². The van der Waals surface area contributed by atoms with Crippen molar-refractivity contribution in [3.05, 3.63) is 42.0 Å². The van der Waals surface area contributed by atoms with Crippen LogP contribution in [0.15, 0.2) is 24.7 Å². The molecule has 2 heterocycles. The standard InChI is InChI=1S/C12H13FN4O/c1-2-5-17-12(15-8-16-17)6-11(18)10-4-3-9(13)7-14-10/h3-4,7-8H,2,5-6H2,1H3. The fourth-order valence-corrected chi connectivity index (χ4v) is 1.60. The summed E-state index contributed by atoms with van der Waals surface area (Å²) in [5.41, 5.74) is 0.238. The van der Waals surface area contributed by atoms with Gasteiger partial charge in [0.05, 0.1) is 12.6 Å². The molecule has 0 aliphatic rings. The summed E-state index contributed by atoms with van der Waals surface area (Å²) in [6.45, 7) is 2.74. The van der Waals surface area contributed by atoms with Crippen molar-refractivity contribution in [3.63, 3.8) is 0 Å². The van der Waals surface area contributed by atoms with Crippen LogP contribution in [0.2, 0.25) is 0 Å². The van der Waals surface area contributed by atoms with E-state index in [1.54, 1.807) is 4.68 Å². The quantitative estimate of drug-likeness (QED) is 0.755. The zero-order valence-electron chi connectivity index (χ0n) is 10.0. The highest BCUT2D eigenvalue weighted by atomic mass is 19.1. The molecule has 0 atom stereocenters. The monoisotopic (exact) mass is 248 g/mol. The van der Waals surface area contributed by atoms with Gasteiger partial charge in [-0.15, -0.1) is 0 Å². The van der Waals surface area contributed by atoms with Crippen molar-refractivity contribution in [3.8, 4) is 0 Å². The van der Waals surface area contributed by atoms with Crippen LogP contribution in [0, 0.1) is 5.82 Å². The van der Waals surface area contributed by atoms with Gasteiger partial charge in [0, 0.05) is 6.54 Å². The van der Waals surface area contributed by atoms with E-state index in [1.165, 1.54) is 18.5 Å². The summed E-state index contributed by atoms with van der Waals surface area (Å²) in [4.78, 5) is 19.7. The maximum Gasteiger partial charge on any atom is 0.188 e. The minimum Gasteiger partial charge on any atom is -0.292 e. The summed E-state index contributed by atoms with van der Waals surface area (Å²) in [6.07, 6.45) is 3.50. The third kappa shape index (κ3) is 2.77. The Morgan fingerprint density at radius 2 is 2.22 bits per heavy atom. The lowest BCUT2D eigenvalue weighted by Crippen LogP contribution is -2.12. The third-order valence-corrected chi connectivity index (χ3v) is 2.46. The van der Waals surface area contributed by atoms with E-state index in [9.17, 15) is 9.18 Å². The fraction of sp³-hybridized carbons (Fsp3) is 0.333. The number of hydrogen-bond donors (Lipinski definition) is 0. The summed E-state index contributed by atoms with van der Waals surface area (Å²) in [6, 6.07) is 2.59. The second-order valence-electron chi connectivity index (χ2n) is 3.86. The number of carbonyl (C=O) groups excluding carboxylic acids is 1. The van der Waals surface area contributed by atoms with Crippen molar-refractivity contribution in [1.29, 1.82) is 0 Å². The molecule has 6 heteroatoms. The van der Waals surface area contributed by atoms with Crippen LogP contribution in [-0.2, 0) is 13.0 Å². The Labute approximate surface area is 104 Å². The molecule has 0 saturated heterocycles. The molecule has 0 fully saturated rings. The van der Waals surface area contributed by atoms with Gasteiger partial charge in [0.15, 0.2) is 5.78 Å². The van der Waals surface area contributed by atoms with Crippen LogP contribution >= 0.6 is 0 Å². The van der Waals surface area contributed by atoms with E-state index in [4.69, 9.17) is 0 Å². The van der Waals surface area contributed by atoms with Crippen LogP contribution in [0.1, 0.15) is 29.7 Å². The number of hydrogen-bond acceptors (Lipinski definition) is 4. The lowest BCUT2D eigenvalue weighted by molar-refractivity contribution is 0.0984. The molecule has 0 aromatic carbocycles. The minimum atomic E-state index is -0.458. The summed E-state index contributed by atoms with van der Waals surface area (Å²) in [5, 5.41) is 4.04. The van der Waals surface area contributed by atoms with Crippen LogP contribution in [0.3, 0.4) is 0 Å². The van der Waals surface area contributed by atoms with E-state index in [1.807, 2.05) is 6.92 Å². The Bertz CT molecular complexity index is 535. The summed E-state index contributed by atoms with van der Waals surface area (Å²) < 4.78 is 14.4. The highest BCUT2D eigenvalue weighted by Crippen LogP contribution is 2.05. The Kier molecular flexibility index (Phi) is 3.76. The summed E-state index contributed by atoms with van der Waals surface area (Å²) in [7, 11) is 0. The average molecular weight is 248 g/mol. The molecule has 0 bridgehead atoms. The Morgan fingerprint density at radius 3 is 2.89 bits per heavy atom. The number of Topliss-reactive ketones (excluding diaryl/α,β-unsaturated/α-hetero) is 1. The van der Waals surface area contributed by atoms with Crippen molar-refractivity contribution in [2.24, 2.45) is 0 Å². The Balaban J connectivity index is 2.11. The molecule has 0 spiro atoms. The molecule has 18 heavy (non-hydrogen) atoms. The molecule has 0 unspecified atom stereocenters. The molecular weight excluding hydrogens is 235 g/mol. The van der Waals surface area contributed by atoms with Crippen molar-refractivity contribution >= 4 is 5.78 Å². The first-order valence-corrected chi connectivity index (χ1v) is 5.72. The number of nitrogens with zero attached hydrogens (tertiary/aromatic N) is 4. The maximum atomic E-state index is 12.7. The fourth-order valence-electron chi connectivity index (χ4n) is 1.60. The van der Waals surface area contributed by atoms with Crippen molar-refractivity contribution < 1.29 is 9.18 Å². The Morgan fingerprint density at radius 1 is 1.39 bits per heavy atom. The van der Waals surface area contributed by atoms with Crippen LogP contribution < -0.4 is 0 Å². The SMILES string of the molecule is CCCn1ncnc1CC(=O)c1ccc(F)cn1. The normalized spacial score (nSPS) is 10.6. The number of aromatic nitrogens is 4. The maximum absolute atomic E-state index is 12.7. The molecule has 0 N–H and O–H groups in total. The molecule has 2 rings (SSSR count). The number of ketones is 1. The predicted molar refractivity (Wildman–Crippen MR) is 62.5 cm³/mol. The van der Waals surface area contributed by atoms with Gasteiger partial charge >= 0.3 is 0 Å². The van der Waals surface area contributed by atoms with Crippen LogP contribution in [-0.4, -0.2) is 25.5 Å². The molecule has 0 aliphatic carbocycles. The summed E-state index contributed by atoms with van der Waals surface area (Å²) in [5.74, 6) is -0.0472. The van der Waals surface area contributed by atoms with Crippen molar-refractivity contribution in [2.75, 3.05) is 0 Å². The highest BCUT2D eigenvalue weighted by molar-refractivity contribution is 5.95. The van der Waals surface area contributed by atoms with Gasteiger partial charge in [-0.25, -0.2) is 14.1 Å². The number of aryl methyl sites for hydroxylation is 1. The van der Waals surface area contributed by atoms with Crippen molar-refractivity contribution in [2.45, 2.75) is 26.3 Å². The number of pyridine rings is 1. The summed E-state index contributed by atoms with van der Waals surface area (Å²) >= 11 is 0. The molecule has 94 valence electrons. The van der Waals surface area contributed by atoms with Gasteiger partial charge in [-0.3, -0.25) is 9.78 Å². The van der Waals surface area contributed by atoms with Gasteiger partial charge in [-0.1, -0.05) is 6.92 Å². The second-order valence-corrected chi connectivity index (χ2v) is 3.86. The van der Waals surface area contributed by atoms with E-state index in [0.29, 0.717) is 5.82 Å². The molecule has 2 aromatic heterocycles. The Hall–Kier alpha value is -2.11. The number of carbonyl (C=O) groups is 1. The van der Waals surface area contributed by atoms with E-state index >= 15 is 0 Å². The van der Waals surface area contributed by atoms with Crippen molar-refractivity contribution in [1.82, 2.24) is 19.7 Å². The number of rotatable bonds is 5. The lowest BCUT2D eigenvalue weighted by Gasteiger charge is -2.03. The molecule has 0 aliphatic heterocycles. The van der Waals surface area contributed by atoms with Gasteiger partial charge in [0.2, 0.25) is 0 Å². The molecule has 0 radical (unpaired) electrons. The average Bonchev–Trinajstić information content (AvgIpc) is 2.78. The largest absolute Gasteiger partial charge is 0.292 e. The molecule has 0 saturated carbocycles. The molecule has 0 amide bonds. The molecular formula is C12H13FN4O. The smallest absolute Gasteiger partial charge is 0.188 e. The minimum absolute atomic E-state index is 0.124. The zero-order chi connectivity index (χ0) is 13.0. The first-order valence-electron chi connectivity index (χ1n) is 5.72. The lowest BCUT2D eigenvalue weighted by atomic mass is 10.2. The first-order chi connectivity index (χ1) is 8.70. The highest BCUT2D eigenvalue weighted by Gasteiger charge is 2.13. The topological polar surface area (TPSA) is 60.7 Å². The van der Waals surface area contributed by atoms with Gasteiger partial charge in [-0.05, 0) is 18.6 Å². The van der Waals surface area contributed by atoms with Crippen LogP contribution in [0.4, 0.5) is 4.39 Å². The van der Waals surface area contributed by atoms with E-state index < -0.39 is 5.82 Å². The van der Waals surface area contributed by atoms with Crippen LogP contribution in [0.25, 0.3) is 0 Å². The van der Waals surface area contributed by atoms with Gasteiger partial charge in [-0.2, -0.15) is 5.10 Å². The van der Waals surface area contributed by atoms with E-state index in [-0.39, 0.29) is 17.9 Å². The zero-order valence-corrected chi connectivity index (χ0v) is 10.0.